The first-order valence-electron chi connectivity index (χ1n) is 10.3. The Labute approximate surface area is 200 Å². The second-order valence-electron chi connectivity index (χ2n) is 7.76. The number of allylic oxidation sites excluding steroid dienone is 1. The first-order chi connectivity index (χ1) is 15.9. The quantitative estimate of drug-likeness (QED) is 0.355. The highest BCUT2D eigenvalue weighted by Crippen LogP contribution is 2.43. The van der Waals surface area contributed by atoms with Gasteiger partial charge in [-0.2, -0.15) is 5.26 Å². The summed E-state index contributed by atoms with van der Waals surface area (Å²) in [6.07, 6.45) is 0.0437. The number of halogens is 1. The molecule has 0 saturated carbocycles. The molecule has 7 heteroatoms. The van der Waals surface area contributed by atoms with Gasteiger partial charge in [-0.25, -0.2) is 4.79 Å². The van der Waals surface area contributed by atoms with Crippen LogP contribution in [0.3, 0.4) is 0 Å². The summed E-state index contributed by atoms with van der Waals surface area (Å²) in [7, 11) is 0. The van der Waals surface area contributed by atoms with Crippen LogP contribution in [0.25, 0.3) is 0 Å². The van der Waals surface area contributed by atoms with E-state index in [1.807, 2.05) is 38.1 Å². The number of hydrogen-bond donors (Lipinski definition) is 1. The van der Waals surface area contributed by atoms with E-state index in [4.69, 9.17) is 19.9 Å². The number of nitrogens with two attached hydrogens (primary N) is 1. The zero-order valence-electron chi connectivity index (χ0n) is 18.0. The number of nitriles is 1. The van der Waals surface area contributed by atoms with E-state index in [2.05, 4.69) is 22.0 Å². The lowest BCUT2D eigenvalue weighted by Crippen LogP contribution is -2.21. The largest absolute Gasteiger partial charge is 0.491 e. The number of fused-ring (bicyclic) bond motifs is 1. The molecule has 1 aliphatic rings. The Balaban J connectivity index is 1.61. The van der Waals surface area contributed by atoms with Crippen molar-refractivity contribution in [2.24, 2.45) is 5.73 Å². The minimum absolute atomic E-state index is 0.0270. The van der Waals surface area contributed by atoms with Gasteiger partial charge in [0, 0.05) is 16.1 Å². The molecule has 2 N–H and O–H groups in total. The molecule has 0 fully saturated rings. The van der Waals surface area contributed by atoms with E-state index in [0.717, 1.165) is 15.6 Å². The van der Waals surface area contributed by atoms with Gasteiger partial charge in [0.1, 0.15) is 28.9 Å². The fourth-order valence-corrected chi connectivity index (χ4v) is 4.05. The van der Waals surface area contributed by atoms with Crippen LogP contribution < -0.4 is 19.9 Å². The monoisotopic (exact) mass is 504 g/mol. The van der Waals surface area contributed by atoms with E-state index in [0.29, 0.717) is 28.4 Å². The molecule has 1 heterocycles. The van der Waals surface area contributed by atoms with E-state index in [-0.39, 0.29) is 12.0 Å². The zero-order valence-corrected chi connectivity index (χ0v) is 19.6. The number of carbonyl (C=O) groups is 1. The molecule has 1 unspecified atom stereocenters. The molecule has 4 rings (SSSR count). The van der Waals surface area contributed by atoms with Gasteiger partial charge in [-0.1, -0.05) is 34.1 Å². The SMILES string of the molecule is CC(C)Oc1ccc(C(=O)Oc2ccc3c(c2)OC(N)=C(C#N)C3c2cccc(Br)c2)cc1. The van der Waals surface area contributed by atoms with Gasteiger partial charge in [0.2, 0.25) is 5.88 Å². The molecule has 33 heavy (non-hydrogen) atoms. The third-order valence-electron chi connectivity index (χ3n) is 5.04. The predicted molar refractivity (Wildman–Crippen MR) is 127 cm³/mol. The lowest BCUT2D eigenvalue weighted by molar-refractivity contribution is 0.0734. The maximum Gasteiger partial charge on any atom is 0.343 e. The van der Waals surface area contributed by atoms with Crippen molar-refractivity contribution >= 4 is 21.9 Å². The van der Waals surface area contributed by atoms with E-state index >= 15 is 0 Å². The maximum absolute atomic E-state index is 12.6. The molecule has 1 atom stereocenters. The number of hydrogen-bond acceptors (Lipinski definition) is 6. The summed E-state index contributed by atoms with van der Waals surface area (Å²) < 4.78 is 17.7. The fraction of sp³-hybridized carbons (Fsp3) is 0.154. The van der Waals surface area contributed by atoms with Gasteiger partial charge in [-0.3, -0.25) is 0 Å². The van der Waals surface area contributed by atoms with Gasteiger partial charge >= 0.3 is 5.97 Å². The van der Waals surface area contributed by atoms with Crippen molar-refractivity contribution in [1.29, 1.82) is 5.26 Å². The highest BCUT2D eigenvalue weighted by Gasteiger charge is 2.31. The summed E-state index contributed by atoms with van der Waals surface area (Å²) in [4.78, 5) is 12.6. The average molecular weight is 505 g/mol. The number of nitrogens with zero attached hydrogens (tertiary/aromatic N) is 1. The maximum atomic E-state index is 12.6. The van der Waals surface area contributed by atoms with E-state index < -0.39 is 11.9 Å². The fourth-order valence-electron chi connectivity index (χ4n) is 3.64. The number of carbonyl (C=O) groups excluding carboxylic acids is 1. The van der Waals surface area contributed by atoms with Crippen LogP contribution >= 0.6 is 15.9 Å². The molecule has 0 spiro atoms. The van der Waals surface area contributed by atoms with Crippen LogP contribution in [-0.2, 0) is 0 Å². The Bertz CT molecular complexity index is 1280. The van der Waals surface area contributed by atoms with Crippen LogP contribution in [0.2, 0.25) is 0 Å². The average Bonchev–Trinajstić information content (AvgIpc) is 2.78. The van der Waals surface area contributed by atoms with E-state index in [9.17, 15) is 10.1 Å². The highest BCUT2D eigenvalue weighted by atomic mass is 79.9. The number of esters is 1. The molecule has 0 amide bonds. The number of ether oxygens (including phenoxy) is 3. The zero-order chi connectivity index (χ0) is 23.5. The van der Waals surface area contributed by atoms with Gasteiger partial charge in [-0.15, -0.1) is 0 Å². The van der Waals surface area contributed by atoms with Crippen LogP contribution in [0.1, 0.15) is 41.3 Å². The molecule has 166 valence electrons. The molecule has 3 aromatic rings. The summed E-state index contributed by atoms with van der Waals surface area (Å²) in [5.41, 5.74) is 8.43. The van der Waals surface area contributed by atoms with Gasteiger partial charge in [0.25, 0.3) is 0 Å². The number of benzene rings is 3. The van der Waals surface area contributed by atoms with E-state index in [1.54, 1.807) is 42.5 Å². The minimum atomic E-state index is -0.508. The Morgan fingerprint density at radius 2 is 1.82 bits per heavy atom. The molecule has 0 aromatic heterocycles. The first kappa shape index (κ1) is 22.4. The van der Waals surface area contributed by atoms with Crippen molar-refractivity contribution in [2.75, 3.05) is 0 Å². The Kier molecular flexibility index (Phi) is 6.38. The minimum Gasteiger partial charge on any atom is -0.491 e. The van der Waals surface area contributed by atoms with Crippen molar-refractivity contribution < 1.29 is 19.0 Å². The second-order valence-corrected chi connectivity index (χ2v) is 8.68. The van der Waals surface area contributed by atoms with Crippen molar-refractivity contribution in [2.45, 2.75) is 25.9 Å². The van der Waals surface area contributed by atoms with Gasteiger partial charge < -0.3 is 19.9 Å². The van der Waals surface area contributed by atoms with Crippen molar-refractivity contribution in [3.8, 4) is 23.3 Å². The standard InChI is InChI=1S/C26H21BrN2O4/c1-15(2)31-19-8-6-16(7-9-19)26(30)32-20-10-11-21-23(13-20)33-25(29)22(14-28)24(21)17-4-3-5-18(27)12-17/h3-13,15,24H,29H2,1-2H3. The van der Waals surface area contributed by atoms with Crippen LogP contribution in [0.5, 0.6) is 17.2 Å². The first-order valence-corrected chi connectivity index (χ1v) is 11.1. The Hall–Kier alpha value is -3.76. The summed E-state index contributed by atoms with van der Waals surface area (Å²) in [5, 5.41) is 9.70. The Morgan fingerprint density at radius 1 is 1.09 bits per heavy atom. The summed E-state index contributed by atoms with van der Waals surface area (Å²) in [6.45, 7) is 3.87. The van der Waals surface area contributed by atoms with Gasteiger partial charge in [0.15, 0.2) is 0 Å². The third kappa shape index (κ3) is 4.86. The van der Waals surface area contributed by atoms with Crippen molar-refractivity contribution in [3.05, 3.63) is 99.3 Å². The lowest BCUT2D eigenvalue weighted by atomic mass is 9.83. The van der Waals surface area contributed by atoms with Crippen molar-refractivity contribution in [3.63, 3.8) is 0 Å². The summed E-state index contributed by atoms with van der Waals surface area (Å²) >= 11 is 3.48. The molecule has 1 aliphatic heterocycles. The predicted octanol–water partition coefficient (Wildman–Crippen LogP) is 5.67. The summed E-state index contributed by atoms with van der Waals surface area (Å²) in [6, 6.07) is 21.7. The third-order valence-corrected chi connectivity index (χ3v) is 5.54. The lowest BCUT2D eigenvalue weighted by Gasteiger charge is -2.26. The molecule has 6 nitrogen and oxygen atoms in total. The van der Waals surface area contributed by atoms with Gasteiger partial charge in [-0.05, 0) is 61.9 Å². The van der Waals surface area contributed by atoms with E-state index in [1.165, 1.54) is 0 Å². The van der Waals surface area contributed by atoms with Crippen LogP contribution in [0, 0.1) is 11.3 Å². The van der Waals surface area contributed by atoms with Crippen molar-refractivity contribution in [1.82, 2.24) is 0 Å². The molecular weight excluding hydrogens is 484 g/mol. The smallest absolute Gasteiger partial charge is 0.343 e. The molecule has 0 saturated heterocycles. The molecule has 3 aromatic carbocycles. The van der Waals surface area contributed by atoms with Crippen LogP contribution in [-0.4, -0.2) is 12.1 Å². The molecule has 0 radical (unpaired) electrons. The van der Waals surface area contributed by atoms with Crippen LogP contribution in [0.15, 0.2) is 82.7 Å². The summed E-state index contributed by atoms with van der Waals surface area (Å²) in [5.74, 6) is 0.545. The topological polar surface area (TPSA) is 94.6 Å². The Morgan fingerprint density at radius 3 is 2.48 bits per heavy atom. The van der Waals surface area contributed by atoms with Crippen LogP contribution in [0.4, 0.5) is 0 Å². The molecular formula is C26H21BrN2O4. The number of rotatable bonds is 5. The molecule has 0 aliphatic carbocycles. The second kappa shape index (κ2) is 9.39. The van der Waals surface area contributed by atoms with Gasteiger partial charge in [0.05, 0.1) is 17.6 Å². The normalized spacial score (nSPS) is 14.8. The molecule has 0 bridgehead atoms. The highest BCUT2D eigenvalue weighted by molar-refractivity contribution is 9.10.